The van der Waals surface area contributed by atoms with Crippen LogP contribution in [0.2, 0.25) is 0 Å². The van der Waals surface area contributed by atoms with Crippen LogP contribution in [0.25, 0.3) is 16.9 Å². The van der Waals surface area contributed by atoms with Crippen molar-refractivity contribution in [1.82, 2.24) is 14.1 Å². The van der Waals surface area contributed by atoms with E-state index in [1.807, 2.05) is 10.6 Å². The van der Waals surface area contributed by atoms with E-state index in [4.69, 9.17) is 9.47 Å². The van der Waals surface area contributed by atoms with Crippen LogP contribution in [0, 0.1) is 5.92 Å². The third-order valence-electron chi connectivity index (χ3n) is 5.32. The molecule has 140 valence electrons. The first-order chi connectivity index (χ1) is 12.7. The summed E-state index contributed by atoms with van der Waals surface area (Å²) in [7, 11) is 1.71. The predicted molar refractivity (Wildman–Crippen MR) is 104 cm³/mol. The molecule has 0 bridgehead atoms. The van der Waals surface area contributed by atoms with Crippen LogP contribution in [0.3, 0.4) is 0 Å². The Kier molecular flexibility index (Phi) is 5.29. The fourth-order valence-corrected chi connectivity index (χ4v) is 4.31. The van der Waals surface area contributed by atoms with Crippen molar-refractivity contribution in [2.24, 2.45) is 5.92 Å². The Bertz CT molecular complexity index is 886. The maximum absolute atomic E-state index is 13.3. The van der Waals surface area contributed by atoms with Crippen LogP contribution in [0.1, 0.15) is 32.1 Å². The quantitative estimate of drug-likeness (QED) is 0.758. The first kappa shape index (κ1) is 17.9. The number of ether oxygens (including phenoxy) is 2. The van der Waals surface area contributed by atoms with E-state index in [-0.39, 0.29) is 17.7 Å². The van der Waals surface area contributed by atoms with Crippen molar-refractivity contribution in [1.29, 1.82) is 0 Å². The average Bonchev–Trinajstić information content (AvgIpc) is 2.94. The highest BCUT2D eigenvalue weighted by atomic mass is 79.9. The molecule has 2 unspecified atom stereocenters. The van der Waals surface area contributed by atoms with Gasteiger partial charge in [-0.15, -0.1) is 0 Å². The molecule has 3 heterocycles. The molecule has 4 rings (SSSR count). The van der Waals surface area contributed by atoms with Gasteiger partial charge in [-0.05, 0) is 54.1 Å². The van der Waals surface area contributed by atoms with Crippen molar-refractivity contribution < 1.29 is 9.47 Å². The van der Waals surface area contributed by atoms with Gasteiger partial charge in [0, 0.05) is 35.9 Å². The summed E-state index contributed by atoms with van der Waals surface area (Å²) in [5.74, 6) is 0.254. The van der Waals surface area contributed by atoms with Crippen LogP contribution < -0.4 is 5.69 Å². The van der Waals surface area contributed by atoms with Gasteiger partial charge >= 0.3 is 5.69 Å². The minimum absolute atomic E-state index is 0.00158. The molecule has 1 fully saturated rings. The highest BCUT2D eigenvalue weighted by Crippen LogP contribution is 2.26. The maximum Gasteiger partial charge on any atom is 0.334 e. The largest absolute Gasteiger partial charge is 0.379 e. The third kappa shape index (κ3) is 3.40. The number of methoxy groups -OCH3 is 1. The molecule has 0 radical (unpaired) electrons. The molecule has 0 spiro atoms. The van der Waals surface area contributed by atoms with Crippen LogP contribution in [0.15, 0.2) is 27.6 Å². The van der Waals surface area contributed by atoms with E-state index < -0.39 is 0 Å². The number of aromatic nitrogens is 3. The number of nitrogens with zero attached hydrogens (tertiary/aromatic N) is 3. The monoisotopic (exact) mass is 421 g/mol. The zero-order valence-corrected chi connectivity index (χ0v) is 16.6. The molecule has 1 aliphatic heterocycles. The number of allylic oxidation sites excluding steroid dienone is 2. The predicted octanol–water partition coefficient (Wildman–Crippen LogP) is 3.43. The summed E-state index contributed by atoms with van der Waals surface area (Å²) in [6, 6.07) is 1.99. The summed E-state index contributed by atoms with van der Waals surface area (Å²) < 4.78 is 15.7. The minimum atomic E-state index is -0.00158. The first-order valence-corrected chi connectivity index (χ1v) is 10.0. The minimum Gasteiger partial charge on any atom is -0.379 e. The zero-order valence-electron chi connectivity index (χ0n) is 15.0. The number of halogens is 1. The lowest BCUT2D eigenvalue weighted by Gasteiger charge is -2.28. The van der Waals surface area contributed by atoms with Gasteiger partial charge in [0.15, 0.2) is 5.65 Å². The first-order valence-electron chi connectivity index (χ1n) is 9.24. The Hall–Kier alpha value is -1.44. The molecule has 1 saturated heterocycles. The Morgan fingerprint density at radius 3 is 3.04 bits per heavy atom. The van der Waals surface area contributed by atoms with Crippen LogP contribution in [0.4, 0.5) is 0 Å². The molecular formula is C19H24BrN3O3. The van der Waals surface area contributed by atoms with E-state index in [2.05, 4.69) is 27.0 Å². The zero-order chi connectivity index (χ0) is 18.1. The van der Waals surface area contributed by atoms with Gasteiger partial charge in [-0.2, -0.15) is 0 Å². The normalized spacial score (nSPS) is 24.0. The fourth-order valence-electron chi connectivity index (χ4n) is 3.99. The Morgan fingerprint density at radius 2 is 2.27 bits per heavy atom. The van der Waals surface area contributed by atoms with Crippen LogP contribution in [-0.4, -0.2) is 40.5 Å². The van der Waals surface area contributed by atoms with Crippen LogP contribution in [-0.2, 0) is 16.0 Å². The van der Waals surface area contributed by atoms with E-state index in [0.29, 0.717) is 19.8 Å². The maximum atomic E-state index is 13.3. The SMILES string of the molecule is COC1COCC(Cn2c(=O)n(C3=CCCCC3)c3ncc(Br)cc32)C1. The van der Waals surface area contributed by atoms with Gasteiger partial charge in [0.2, 0.25) is 0 Å². The number of imidazole rings is 1. The van der Waals surface area contributed by atoms with Gasteiger partial charge in [0.1, 0.15) is 0 Å². The third-order valence-corrected chi connectivity index (χ3v) is 5.75. The second kappa shape index (κ2) is 7.66. The number of fused-ring (bicyclic) bond motifs is 1. The fraction of sp³-hybridized carbons (Fsp3) is 0.579. The van der Waals surface area contributed by atoms with Crippen LogP contribution in [0.5, 0.6) is 0 Å². The van der Waals surface area contributed by atoms with E-state index in [9.17, 15) is 4.79 Å². The summed E-state index contributed by atoms with van der Waals surface area (Å²) in [5.41, 5.74) is 2.69. The molecule has 2 aliphatic rings. The molecule has 1 aliphatic carbocycles. The molecule has 2 aromatic rings. The molecule has 7 heteroatoms. The van der Waals surface area contributed by atoms with Gasteiger partial charge in [0.25, 0.3) is 0 Å². The van der Waals surface area contributed by atoms with Crippen molar-refractivity contribution in [3.05, 3.63) is 33.3 Å². The van der Waals surface area contributed by atoms with E-state index in [1.165, 1.54) is 6.42 Å². The van der Waals surface area contributed by atoms with E-state index in [0.717, 1.165) is 47.0 Å². The van der Waals surface area contributed by atoms with Crippen molar-refractivity contribution >= 4 is 32.8 Å². The number of rotatable bonds is 4. The van der Waals surface area contributed by atoms with Crippen molar-refractivity contribution in [2.75, 3.05) is 20.3 Å². The highest BCUT2D eigenvalue weighted by Gasteiger charge is 2.26. The second-order valence-electron chi connectivity index (χ2n) is 7.16. The molecule has 0 N–H and O–H groups in total. The molecule has 0 amide bonds. The Labute approximate surface area is 160 Å². The number of hydrogen-bond acceptors (Lipinski definition) is 4. The smallest absolute Gasteiger partial charge is 0.334 e. The van der Waals surface area contributed by atoms with Gasteiger partial charge in [0.05, 0.1) is 24.8 Å². The summed E-state index contributed by atoms with van der Waals surface area (Å²) in [6.45, 7) is 1.90. The molecular weight excluding hydrogens is 398 g/mol. The topological polar surface area (TPSA) is 58.3 Å². The summed E-state index contributed by atoms with van der Waals surface area (Å²) in [5, 5.41) is 0. The van der Waals surface area contributed by atoms with Gasteiger partial charge in [-0.25, -0.2) is 14.3 Å². The molecule has 26 heavy (non-hydrogen) atoms. The van der Waals surface area contributed by atoms with Gasteiger partial charge in [-0.1, -0.05) is 6.08 Å². The molecule has 2 aromatic heterocycles. The number of hydrogen-bond donors (Lipinski definition) is 0. The van der Waals surface area contributed by atoms with Gasteiger partial charge < -0.3 is 9.47 Å². The highest BCUT2D eigenvalue weighted by molar-refractivity contribution is 9.10. The summed E-state index contributed by atoms with van der Waals surface area (Å²) in [4.78, 5) is 17.8. The average molecular weight is 422 g/mol. The van der Waals surface area contributed by atoms with Crippen molar-refractivity contribution in [2.45, 2.75) is 44.8 Å². The lowest BCUT2D eigenvalue weighted by atomic mass is 10.00. The van der Waals surface area contributed by atoms with E-state index in [1.54, 1.807) is 17.9 Å². The van der Waals surface area contributed by atoms with Crippen molar-refractivity contribution in [3.8, 4) is 0 Å². The molecule has 0 saturated carbocycles. The van der Waals surface area contributed by atoms with Gasteiger partial charge in [-0.3, -0.25) is 4.57 Å². The second-order valence-corrected chi connectivity index (χ2v) is 8.08. The molecule has 2 atom stereocenters. The lowest BCUT2D eigenvalue weighted by Crippen LogP contribution is -2.35. The lowest BCUT2D eigenvalue weighted by molar-refractivity contribution is -0.0586. The standard InChI is InChI=1S/C19H24BrN3O3/c1-25-16-7-13(11-26-12-16)10-22-17-8-14(20)9-21-18(17)23(19(22)24)15-5-3-2-4-6-15/h5,8-9,13,16H,2-4,6-7,10-12H2,1H3. The van der Waals surface area contributed by atoms with Crippen LogP contribution >= 0.6 is 15.9 Å². The molecule has 0 aromatic carbocycles. The van der Waals surface area contributed by atoms with Crippen molar-refractivity contribution in [3.63, 3.8) is 0 Å². The van der Waals surface area contributed by atoms with E-state index >= 15 is 0 Å². The summed E-state index contributed by atoms with van der Waals surface area (Å²) in [6.07, 6.45) is 9.20. The Morgan fingerprint density at radius 1 is 1.38 bits per heavy atom. The number of pyridine rings is 1. The molecule has 6 nitrogen and oxygen atoms in total. The summed E-state index contributed by atoms with van der Waals surface area (Å²) >= 11 is 3.50. The Balaban J connectivity index is 1.76.